The normalized spacial score (nSPS) is 56.1. The van der Waals surface area contributed by atoms with Crippen molar-refractivity contribution in [3.05, 3.63) is 34.8 Å². The van der Waals surface area contributed by atoms with Gasteiger partial charge in [0, 0.05) is 71.6 Å². The average molecular weight is 592 g/mol. The number of aliphatic hydroxyl groups is 1. The van der Waals surface area contributed by atoms with Crippen molar-refractivity contribution in [3.63, 3.8) is 0 Å². The molecular formula is C30H71NO5. The van der Waals surface area contributed by atoms with Crippen LogP contribution in [-0.2, 0) is 19.1 Å². The van der Waals surface area contributed by atoms with E-state index >= 15 is 0 Å². The highest BCUT2D eigenvalue weighted by molar-refractivity contribution is 6.06. The van der Waals surface area contributed by atoms with Crippen LogP contribution in [0.4, 0.5) is 0 Å². The van der Waals surface area contributed by atoms with Gasteiger partial charge in [-0.2, -0.15) is 0 Å². The number of rotatable bonds is 0. The second kappa shape index (κ2) is 6.41. The minimum atomic E-state index is -1.68. The van der Waals surface area contributed by atoms with Crippen LogP contribution in [0.5, 0.6) is 0 Å². The molecule has 0 aromatic rings. The molecule has 4 fully saturated rings. The van der Waals surface area contributed by atoms with Crippen LogP contribution in [0.2, 0.25) is 0 Å². The SMILES string of the molecule is [3HH].[3H][3H].[3H][3H].[3H][3H].[3H][3H].[3H][3H].[3H][3H].[3H][3H].[3H][3H].[3H][3H].[3H][3H].[3H][3H].[3H][3H].[3H][3H].[3H][3H].[3H][3H].[3H][3H].[C-]#[N+]C1=C[C@]2(C)C3=CC(=O)[C@]45OC(=O)[C@@]6(CCC(C)(C)C[C@H]64)CC[C@@]5(C)[C@]3(C)CC[C@H]2[C@](C)(O)C1=O. The Morgan fingerprint density at radius 3 is 2.36 bits per heavy atom. The van der Waals surface area contributed by atoms with E-state index in [-0.39, 0.29) is 30.2 Å². The summed E-state index contributed by atoms with van der Waals surface area (Å²) in [5.74, 6) is -1.47. The molecule has 0 aromatic heterocycles. The molecule has 6 rings (SSSR count). The molecule has 6 heteroatoms. The molecule has 0 unspecified atom stereocenters. The first-order valence-electron chi connectivity index (χ1n) is 29.4. The highest BCUT2D eigenvalue weighted by Gasteiger charge is 2.82. The van der Waals surface area contributed by atoms with Gasteiger partial charge in [-0.05, 0) is 68.8 Å². The number of ether oxygens (including phenoxy) is 1. The first kappa shape index (κ1) is 12.1. The lowest BCUT2D eigenvalue weighted by Crippen LogP contribution is -2.72. The number of fused-ring (bicyclic) bond motifs is 4. The summed E-state index contributed by atoms with van der Waals surface area (Å²) in [6, 6.07) is 0. The number of esters is 1. The van der Waals surface area contributed by atoms with Crippen LogP contribution in [0.1, 0.15) is 135 Å². The Morgan fingerprint density at radius 1 is 1.03 bits per heavy atom. The second-order valence-electron chi connectivity index (χ2n) is 14.3. The van der Waals surface area contributed by atoms with Crippen molar-refractivity contribution in [2.45, 2.75) is 97.7 Å². The largest absolute Gasteiger partial charge is 0.449 e. The molecule has 6 aliphatic rings. The quantitative estimate of drug-likeness (QED) is 0.224. The van der Waals surface area contributed by atoms with Crippen molar-refractivity contribution >= 4 is 17.5 Å². The minimum absolute atomic E-state index is 0. The molecule has 5 aliphatic carbocycles. The van der Waals surface area contributed by atoms with Crippen molar-refractivity contribution < 1.29 is 73.2 Å². The fraction of sp³-hybridized carbons (Fsp3) is 0.733. The van der Waals surface area contributed by atoms with Gasteiger partial charge in [0.25, 0.3) is 0 Å². The lowest BCUT2D eigenvalue weighted by atomic mass is 9.34. The summed E-state index contributed by atoms with van der Waals surface area (Å²) in [4.78, 5) is 44.5. The van der Waals surface area contributed by atoms with E-state index in [9.17, 15) is 19.5 Å². The van der Waals surface area contributed by atoms with Gasteiger partial charge in [-0.15, -0.1) is 0 Å². The zero-order valence-corrected chi connectivity index (χ0v) is 22.3. The lowest BCUT2D eigenvalue weighted by molar-refractivity contribution is -0.208. The van der Waals surface area contributed by atoms with Crippen molar-refractivity contribution in [1.82, 2.24) is 0 Å². The molecule has 1 aliphatic heterocycles. The third-order valence-electron chi connectivity index (χ3n) is 12.3. The summed E-state index contributed by atoms with van der Waals surface area (Å²) < 4.78 is 166. The molecule has 36 heavy (non-hydrogen) atoms. The van der Waals surface area contributed by atoms with Crippen molar-refractivity contribution in [1.29, 1.82) is 0 Å². The van der Waals surface area contributed by atoms with Gasteiger partial charge in [-0.25, -0.2) is 4.85 Å². The van der Waals surface area contributed by atoms with E-state index in [0.29, 0.717) is 19.3 Å². The van der Waals surface area contributed by atoms with Crippen LogP contribution in [0.15, 0.2) is 23.4 Å². The number of carbonyl (C=O) groups excluding carboxylic acids is 3. The van der Waals surface area contributed by atoms with E-state index in [1.165, 1.54) is 6.92 Å². The standard InChI is InChI=1S/C30H37NO5.17H2/c1-24(2)10-12-29-13-11-27(5)26(4)9-8-18-25(3,15-17(31-7)22(33)28(18,6)35)19(26)14-21(32)30(27,20(29)16-24)36-23(29)34;;;;;;;;;;;;;;;;;/h14-15,18,20,35H,8-13,16H2,1-6H3;17*1H/t18-,20-,25+,26-,27+,28+,29+,30-;;;;;;;;;;;;;;;;;/m1................./s1/i;16*1+2T;1+2. The zero-order chi connectivity index (χ0) is 58.3. The number of allylic oxidation sites excluding steroid dienone is 2. The number of carbonyl (C=O) groups is 3. The number of hydrogen-bond acceptors (Lipinski definition) is 5. The second-order valence-corrected chi connectivity index (χ2v) is 14.3. The summed E-state index contributed by atoms with van der Waals surface area (Å²) in [5.41, 5.74) is -4.56. The van der Waals surface area contributed by atoms with Crippen LogP contribution in [0.3, 0.4) is 0 Å². The molecule has 2 bridgehead atoms. The Labute approximate surface area is 264 Å². The van der Waals surface area contributed by atoms with E-state index in [1.807, 2.05) is 6.92 Å². The molecule has 226 valence electrons. The first-order chi connectivity index (χ1) is 32.6. The lowest BCUT2D eigenvalue weighted by Gasteiger charge is -2.68. The Balaban J connectivity index is -0.0000000844. The maximum atomic E-state index is 14.4. The molecule has 1 N–H and O–H groups in total. The van der Waals surface area contributed by atoms with Crippen molar-refractivity contribution in [3.8, 4) is 0 Å². The molecule has 1 spiro atoms. The molecule has 6 nitrogen and oxygen atoms in total. The summed E-state index contributed by atoms with van der Waals surface area (Å²) in [6.07, 6.45) is 8.61. The fourth-order valence-electron chi connectivity index (χ4n) is 10.1. The van der Waals surface area contributed by atoms with Gasteiger partial charge < -0.3 is 14.6 Å². The first-order valence-corrected chi connectivity index (χ1v) is 13.4. The van der Waals surface area contributed by atoms with Crippen LogP contribution >= 0.6 is 0 Å². The molecule has 0 aromatic carbocycles. The number of Topliss-reactive ketones (excluding diaryl/α,β-unsaturated/α-hetero) is 1. The molecular weight excluding hydrogens is 454 g/mol. The maximum absolute atomic E-state index is 14.4. The predicted molar refractivity (Wildman–Crippen MR) is 168 cm³/mol. The fourth-order valence-corrected chi connectivity index (χ4v) is 10.1. The van der Waals surface area contributed by atoms with Crippen LogP contribution in [0, 0.1) is 45.5 Å². The van der Waals surface area contributed by atoms with E-state index in [4.69, 9.17) is 58.8 Å². The molecule has 8 atom stereocenters. The Bertz CT molecular complexity index is 1320. The summed E-state index contributed by atoms with van der Waals surface area (Å²) >= 11 is 0. The van der Waals surface area contributed by atoms with E-state index < -0.39 is 44.6 Å². The van der Waals surface area contributed by atoms with Gasteiger partial charge in [0.1, 0.15) is 5.60 Å². The Kier molecular flexibility index (Phi) is 2.15. The molecule has 1 heterocycles. The van der Waals surface area contributed by atoms with Crippen LogP contribution in [0.25, 0.3) is 4.85 Å². The van der Waals surface area contributed by atoms with Gasteiger partial charge in [-0.1, -0.05) is 46.3 Å². The topological polar surface area (TPSA) is 85.0 Å². The summed E-state index contributed by atoms with van der Waals surface area (Å²) in [6.45, 7) is 19.9. The van der Waals surface area contributed by atoms with Gasteiger partial charge >= 0.3 is 5.97 Å². The number of ketones is 2. The van der Waals surface area contributed by atoms with Gasteiger partial charge in [0.15, 0.2) is 17.2 Å². The maximum Gasteiger partial charge on any atom is 0.313 e. The zero-order valence-electron chi connectivity index (χ0n) is 54.3. The third kappa shape index (κ3) is 2.28. The van der Waals surface area contributed by atoms with E-state index in [0.717, 1.165) is 31.3 Å². The monoisotopic (exact) mass is 592 g/mol. The van der Waals surface area contributed by atoms with Gasteiger partial charge in [-0.3, -0.25) is 9.59 Å². The highest BCUT2D eigenvalue weighted by Crippen LogP contribution is 2.78. The number of hydrogen-bond donors (Lipinski definition) is 1. The predicted octanol–water partition coefficient (Wildman–Crippen LogP) is 9.15. The van der Waals surface area contributed by atoms with Crippen LogP contribution < -0.4 is 0 Å². The molecule has 0 radical (unpaired) electrons. The van der Waals surface area contributed by atoms with E-state index in [2.05, 4.69) is 32.5 Å². The van der Waals surface area contributed by atoms with Gasteiger partial charge in [0.05, 0.1) is 12.0 Å². The highest BCUT2D eigenvalue weighted by atomic mass is 16.6. The van der Waals surface area contributed by atoms with Crippen molar-refractivity contribution in [2.24, 2.45) is 38.9 Å². The summed E-state index contributed by atoms with van der Waals surface area (Å²) in [5, 5.41) is 11.4. The smallest absolute Gasteiger partial charge is 0.313 e. The summed E-state index contributed by atoms with van der Waals surface area (Å²) in [7, 11) is 0. The Morgan fingerprint density at radius 2 is 1.69 bits per heavy atom. The van der Waals surface area contributed by atoms with Crippen LogP contribution in [-0.4, -0.2) is 33.8 Å². The Hall–Kier alpha value is -2.26. The number of nitrogens with zero attached hydrogens (tertiary/aromatic N) is 1. The third-order valence-corrected chi connectivity index (χ3v) is 12.3. The molecule has 0 amide bonds. The van der Waals surface area contributed by atoms with E-state index in [1.54, 1.807) is 12.2 Å². The average Bonchev–Trinajstić information content (AvgIpc) is 3.62. The van der Waals surface area contributed by atoms with Gasteiger partial charge in [0.2, 0.25) is 5.70 Å². The minimum Gasteiger partial charge on any atom is -0.449 e. The molecule has 3 saturated carbocycles. The molecule has 1 saturated heterocycles. The van der Waals surface area contributed by atoms with Crippen molar-refractivity contribution in [2.75, 3.05) is 0 Å².